The van der Waals surface area contributed by atoms with Crippen LogP contribution in [0, 0.1) is 17.1 Å². The second kappa shape index (κ2) is 9.56. The fourth-order valence-corrected chi connectivity index (χ4v) is 3.20. The van der Waals surface area contributed by atoms with Crippen LogP contribution in [0.5, 0.6) is 5.75 Å². The van der Waals surface area contributed by atoms with Crippen molar-refractivity contribution < 1.29 is 23.8 Å². The third kappa shape index (κ3) is 4.94. The van der Waals surface area contributed by atoms with Crippen molar-refractivity contribution in [1.82, 2.24) is 4.90 Å². The Kier molecular flexibility index (Phi) is 6.65. The number of carbonyl (C=O) groups excluding carboxylic acids is 1. The Hall–Kier alpha value is -3.86. The van der Waals surface area contributed by atoms with E-state index in [0.29, 0.717) is 37.4 Å². The van der Waals surface area contributed by atoms with Crippen LogP contribution in [0.1, 0.15) is 5.56 Å². The number of carboxylic acids is 1. The van der Waals surface area contributed by atoms with E-state index in [9.17, 15) is 19.2 Å². The largest absolute Gasteiger partial charge is 0.481 e. The molecule has 2 aromatic carbocycles. The number of hydrogen-bond donors (Lipinski definition) is 1. The predicted octanol–water partition coefficient (Wildman–Crippen LogP) is 2.54. The molecule has 0 unspecified atom stereocenters. The van der Waals surface area contributed by atoms with Gasteiger partial charge in [-0.1, -0.05) is 30.3 Å². The van der Waals surface area contributed by atoms with Gasteiger partial charge in [-0.25, -0.2) is 9.18 Å². The van der Waals surface area contributed by atoms with Crippen LogP contribution in [0.15, 0.2) is 54.1 Å². The lowest BCUT2D eigenvalue weighted by Gasteiger charge is -2.36. The predicted molar refractivity (Wildman–Crippen MR) is 108 cm³/mol. The zero-order chi connectivity index (χ0) is 21.5. The Labute approximate surface area is 173 Å². The number of aliphatic carboxylic acids is 1. The van der Waals surface area contributed by atoms with Gasteiger partial charge >= 0.3 is 5.97 Å². The van der Waals surface area contributed by atoms with Crippen molar-refractivity contribution in [1.29, 1.82) is 5.26 Å². The normalized spacial score (nSPS) is 14.2. The summed E-state index contributed by atoms with van der Waals surface area (Å²) < 4.78 is 19.2. The maximum Gasteiger partial charge on any atom is 0.341 e. The first-order valence-corrected chi connectivity index (χ1v) is 9.33. The molecule has 0 bridgehead atoms. The molecule has 7 nitrogen and oxygen atoms in total. The second-order valence-electron chi connectivity index (χ2n) is 6.62. The quantitative estimate of drug-likeness (QED) is 0.582. The summed E-state index contributed by atoms with van der Waals surface area (Å²) in [5.41, 5.74) is 0.847. The van der Waals surface area contributed by atoms with Crippen molar-refractivity contribution in [2.75, 3.05) is 37.7 Å². The van der Waals surface area contributed by atoms with Crippen molar-refractivity contribution in [3.8, 4) is 11.8 Å². The molecule has 3 rings (SSSR count). The van der Waals surface area contributed by atoms with Gasteiger partial charge in [0.25, 0.3) is 5.91 Å². The molecule has 0 aromatic heterocycles. The Morgan fingerprint density at radius 2 is 1.77 bits per heavy atom. The molecule has 1 fully saturated rings. The number of piperazine rings is 1. The molecular formula is C22H20FN3O4. The second-order valence-corrected chi connectivity index (χ2v) is 6.62. The molecule has 1 aliphatic rings. The van der Waals surface area contributed by atoms with E-state index < -0.39 is 18.5 Å². The molecule has 2 aromatic rings. The number of benzene rings is 2. The number of para-hydroxylation sites is 2. The van der Waals surface area contributed by atoms with E-state index in [0.717, 1.165) is 0 Å². The molecule has 30 heavy (non-hydrogen) atoms. The highest BCUT2D eigenvalue weighted by molar-refractivity contribution is 6.02. The zero-order valence-corrected chi connectivity index (χ0v) is 16.1. The summed E-state index contributed by atoms with van der Waals surface area (Å²) in [5, 5.41) is 18.3. The van der Waals surface area contributed by atoms with Crippen LogP contribution in [0.3, 0.4) is 0 Å². The number of halogens is 1. The fraction of sp³-hybridized carbons (Fsp3) is 0.227. The van der Waals surface area contributed by atoms with Gasteiger partial charge < -0.3 is 19.6 Å². The van der Waals surface area contributed by atoms with Gasteiger partial charge in [-0.05, 0) is 24.3 Å². The molecular weight excluding hydrogens is 389 g/mol. The van der Waals surface area contributed by atoms with Gasteiger partial charge in [-0.2, -0.15) is 5.26 Å². The van der Waals surface area contributed by atoms with Gasteiger partial charge in [0.15, 0.2) is 6.61 Å². The fourth-order valence-electron chi connectivity index (χ4n) is 3.20. The number of ether oxygens (including phenoxy) is 1. The first-order valence-electron chi connectivity index (χ1n) is 9.33. The van der Waals surface area contributed by atoms with Gasteiger partial charge in [0.2, 0.25) is 0 Å². The number of carbonyl (C=O) groups is 2. The average molecular weight is 409 g/mol. The molecule has 1 saturated heterocycles. The van der Waals surface area contributed by atoms with Crippen LogP contribution in [0.2, 0.25) is 0 Å². The van der Waals surface area contributed by atoms with E-state index in [4.69, 9.17) is 9.84 Å². The van der Waals surface area contributed by atoms with E-state index in [2.05, 4.69) is 0 Å². The standard InChI is InChI=1S/C22H20FN3O4/c23-18-6-2-3-7-19(18)25-9-11-26(12-10-25)22(29)17(14-24)13-16-5-1-4-8-20(16)30-15-21(27)28/h1-8,13H,9-12,15H2,(H,27,28)/b17-13+. The Balaban J connectivity index is 1.71. The van der Waals surface area contributed by atoms with Crippen molar-refractivity contribution in [3.05, 3.63) is 65.5 Å². The highest BCUT2D eigenvalue weighted by atomic mass is 19.1. The number of rotatable bonds is 6. The van der Waals surface area contributed by atoms with Crippen molar-refractivity contribution in [3.63, 3.8) is 0 Å². The van der Waals surface area contributed by atoms with Gasteiger partial charge in [-0.3, -0.25) is 4.79 Å². The Bertz CT molecular complexity index is 1010. The topological polar surface area (TPSA) is 93.9 Å². The lowest BCUT2D eigenvalue weighted by Crippen LogP contribution is -2.49. The first kappa shape index (κ1) is 20.9. The number of nitrogens with zero attached hydrogens (tertiary/aromatic N) is 3. The van der Waals surface area contributed by atoms with Gasteiger partial charge in [0.05, 0.1) is 5.69 Å². The molecule has 1 amide bonds. The number of amides is 1. The number of nitriles is 1. The lowest BCUT2D eigenvalue weighted by atomic mass is 10.1. The molecule has 1 aliphatic heterocycles. The first-order chi connectivity index (χ1) is 14.5. The zero-order valence-electron chi connectivity index (χ0n) is 16.1. The third-order valence-electron chi connectivity index (χ3n) is 4.68. The van der Waals surface area contributed by atoms with E-state index in [1.807, 2.05) is 11.0 Å². The smallest absolute Gasteiger partial charge is 0.341 e. The maximum atomic E-state index is 14.0. The minimum Gasteiger partial charge on any atom is -0.481 e. The van der Waals surface area contributed by atoms with E-state index in [1.165, 1.54) is 12.1 Å². The molecule has 0 saturated carbocycles. The van der Waals surface area contributed by atoms with Crippen LogP contribution < -0.4 is 9.64 Å². The van der Waals surface area contributed by atoms with E-state index in [-0.39, 0.29) is 17.1 Å². The molecule has 0 spiro atoms. The third-order valence-corrected chi connectivity index (χ3v) is 4.68. The van der Waals surface area contributed by atoms with Crippen molar-refractivity contribution in [2.45, 2.75) is 0 Å². The summed E-state index contributed by atoms with van der Waals surface area (Å²) in [5.74, 6) is -1.60. The van der Waals surface area contributed by atoms with Crippen LogP contribution >= 0.6 is 0 Å². The number of anilines is 1. The van der Waals surface area contributed by atoms with Crippen LogP contribution in [0.4, 0.5) is 10.1 Å². The number of hydrogen-bond acceptors (Lipinski definition) is 5. The molecule has 0 aliphatic carbocycles. The summed E-state index contributed by atoms with van der Waals surface area (Å²) >= 11 is 0. The van der Waals surface area contributed by atoms with Crippen molar-refractivity contribution >= 4 is 23.6 Å². The monoisotopic (exact) mass is 409 g/mol. The summed E-state index contributed by atoms with van der Waals surface area (Å²) in [6, 6.07) is 15.0. The molecule has 1 heterocycles. The molecule has 1 N–H and O–H groups in total. The van der Waals surface area contributed by atoms with Crippen LogP contribution in [-0.2, 0) is 9.59 Å². The molecule has 154 valence electrons. The van der Waals surface area contributed by atoms with Gasteiger partial charge in [0.1, 0.15) is 23.2 Å². The van der Waals surface area contributed by atoms with E-state index >= 15 is 0 Å². The Morgan fingerprint density at radius 3 is 2.43 bits per heavy atom. The van der Waals surface area contributed by atoms with Gasteiger partial charge in [0, 0.05) is 31.7 Å². The highest BCUT2D eigenvalue weighted by Gasteiger charge is 2.25. The molecule has 0 atom stereocenters. The van der Waals surface area contributed by atoms with Crippen LogP contribution in [-0.4, -0.2) is 54.7 Å². The highest BCUT2D eigenvalue weighted by Crippen LogP contribution is 2.23. The summed E-state index contributed by atoms with van der Waals surface area (Å²) in [4.78, 5) is 27.0. The minimum absolute atomic E-state index is 0.0827. The Morgan fingerprint density at radius 1 is 1.10 bits per heavy atom. The summed E-state index contributed by atoms with van der Waals surface area (Å²) in [7, 11) is 0. The number of carboxylic acid groups (broad SMARTS) is 1. The summed E-state index contributed by atoms with van der Waals surface area (Å²) in [6.45, 7) is 1.07. The van der Waals surface area contributed by atoms with Crippen LogP contribution in [0.25, 0.3) is 6.08 Å². The SMILES string of the molecule is N#C/C(=C\c1ccccc1OCC(=O)O)C(=O)N1CCN(c2ccccc2F)CC1. The average Bonchev–Trinajstić information content (AvgIpc) is 2.76. The molecule has 8 heteroatoms. The lowest BCUT2D eigenvalue weighted by molar-refractivity contribution is -0.139. The van der Waals surface area contributed by atoms with Crippen molar-refractivity contribution in [2.24, 2.45) is 0 Å². The van der Waals surface area contributed by atoms with E-state index in [1.54, 1.807) is 47.4 Å². The van der Waals surface area contributed by atoms with Gasteiger partial charge in [-0.15, -0.1) is 0 Å². The minimum atomic E-state index is -1.13. The molecule has 0 radical (unpaired) electrons. The maximum absolute atomic E-state index is 14.0. The summed E-state index contributed by atoms with van der Waals surface area (Å²) in [6.07, 6.45) is 1.39.